The lowest BCUT2D eigenvalue weighted by Gasteiger charge is -2.24. The first kappa shape index (κ1) is 18.8. The van der Waals surface area contributed by atoms with E-state index in [4.69, 9.17) is 4.99 Å². The number of guanidine groups is 1. The Balaban J connectivity index is 2.74. The van der Waals surface area contributed by atoms with Crippen molar-refractivity contribution in [3.05, 3.63) is 35.4 Å². The molecule has 1 rings (SSSR count). The topological polar surface area (TPSA) is 39.7 Å². The minimum atomic E-state index is 0.289. The van der Waals surface area contributed by atoms with E-state index in [-0.39, 0.29) is 6.04 Å². The average molecular weight is 323 g/mol. The molecule has 0 radical (unpaired) electrons. The molecule has 1 unspecified atom stereocenters. The highest BCUT2D eigenvalue weighted by Gasteiger charge is 2.13. The van der Waals surface area contributed by atoms with E-state index in [9.17, 15) is 0 Å². The van der Waals surface area contributed by atoms with Crippen molar-refractivity contribution >= 4 is 17.7 Å². The Morgan fingerprint density at radius 3 is 2.45 bits per heavy atom. The second-order valence-electron chi connectivity index (χ2n) is 5.53. The van der Waals surface area contributed by atoms with Crippen LogP contribution in [0.25, 0.3) is 0 Å². The quantitative estimate of drug-likeness (QED) is 0.438. The molecular formula is C17H30N4S. The van der Waals surface area contributed by atoms with Gasteiger partial charge in [0.25, 0.3) is 0 Å². The molecular weight excluding hydrogens is 292 g/mol. The third-order valence-corrected chi connectivity index (χ3v) is 4.06. The number of likely N-dealkylation sites (N-methyl/N-ethyl adjacent to an activating group) is 1. The van der Waals surface area contributed by atoms with Crippen molar-refractivity contribution in [3.63, 3.8) is 0 Å². The van der Waals surface area contributed by atoms with Gasteiger partial charge in [0.15, 0.2) is 5.96 Å². The predicted octanol–water partition coefficient (Wildman–Crippen LogP) is 2.52. The summed E-state index contributed by atoms with van der Waals surface area (Å²) in [5.74, 6) is 1.98. The summed E-state index contributed by atoms with van der Waals surface area (Å²) in [6.07, 6.45) is 2.12. The van der Waals surface area contributed by atoms with Crippen LogP contribution in [-0.2, 0) is 0 Å². The molecule has 0 spiro atoms. The summed E-state index contributed by atoms with van der Waals surface area (Å²) in [6, 6.07) is 9.01. The van der Waals surface area contributed by atoms with Gasteiger partial charge < -0.3 is 15.5 Å². The first-order chi connectivity index (χ1) is 10.6. The standard InChI is InChI=1S/C17H30N4S/c1-6-18-17(19-11-12-22-5)20-13-16(21(3)4)15-9-7-14(2)8-10-15/h7-10,16H,6,11-13H2,1-5H3,(H2,18,19,20). The predicted molar refractivity (Wildman–Crippen MR) is 100.0 cm³/mol. The minimum Gasteiger partial charge on any atom is -0.357 e. The van der Waals surface area contributed by atoms with Gasteiger partial charge in [-0.1, -0.05) is 29.8 Å². The van der Waals surface area contributed by atoms with Crippen molar-refractivity contribution in [1.82, 2.24) is 15.5 Å². The number of thioether (sulfide) groups is 1. The monoisotopic (exact) mass is 322 g/mol. The number of rotatable bonds is 8. The molecule has 1 aromatic carbocycles. The Kier molecular flexibility index (Phi) is 9.01. The van der Waals surface area contributed by atoms with Gasteiger partial charge in [0, 0.05) is 18.8 Å². The number of hydrogen-bond donors (Lipinski definition) is 2. The lowest BCUT2D eigenvalue weighted by atomic mass is 10.0. The van der Waals surface area contributed by atoms with Gasteiger partial charge in [-0.2, -0.15) is 11.8 Å². The van der Waals surface area contributed by atoms with Crippen molar-refractivity contribution in [3.8, 4) is 0 Å². The molecule has 0 amide bonds. The van der Waals surface area contributed by atoms with Crippen LogP contribution in [-0.4, -0.2) is 56.6 Å². The first-order valence-electron chi connectivity index (χ1n) is 7.82. The fourth-order valence-corrected chi connectivity index (χ4v) is 2.45. The van der Waals surface area contributed by atoms with E-state index >= 15 is 0 Å². The summed E-state index contributed by atoms with van der Waals surface area (Å²) in [5, 5.41) is 6.68. The van der Waals surface area contributed by atoms with Gasteiger partial charge in [0.1, 0.15) is 0 Å². The van der Waals surface area contributed by atoms with Gasteiger partial charge in [-0.3, -0.25) is 4.99 Å². The van der Waals surface area contributed by atoms with Gasteiger partial charge in [0.05, 0.1) is 12.6 Å². The highest BCUT2D eigenvalue weighted by molar-refractivity contribution is 7.98. The second kappa shape index (κ2) is 10.5. The summed E-state index contributed by atoms with van der Waals surface area (Å²) in [4.78, 5) is 6.97. The largest absolute Gasteiger partial charge is 0.357 e. The Morgan fingerprint density at radius 2 is 1.91 bits per heavy atom. The number of aryl methyl sites for hydroxylation is 1. The van der Waals surface area contributed by atoms with Crippen LogP contribution in [0.1, 0.15) is 24.1 Å². The molecule has 0 aliphatic heterocycles. The normalized spacial score (nSPS) is 13.3. The minimum absolute atomic E-state index is 0.289. The molecule has 0 heterocycles. The molecule has 124 valence electrons. The SMILES string of the molecule is CCNC(=NCC(c1ccc(C)cc1)N(C)C)NCCSC. The van der Waals surface area contributed by atoms with Crippen LogP contribution in [0.15, 0.2) is 29.3 Å². The third kappa shape index (κ3) is 6.71. The zero-order chi connectivity index (χ0) is 16.4. The Hall–Kier alpha value is -1.20. The van der Waals surface area contributed by atoms with Crippen LogP contribution < -0.4 is 10.6 Å². The summed E-state index contributed by atoms with van der Waals surface area (Å²) in [6.45, 7) is 6.76. The molecule has 0 fully saturated rings. The average Bonchev–Trinajstić information content (AvgIpc) is 2.49. The number of aliphatic imine (C=N–C) groups is 1. The number of nitrogens with one attached hydrogen (secondary N) is 2. The van der Waals surface area contributed by atoms with Gasteiger partial charge in [-0.05, 0) is 39.8 Å². The molecule has 1 atom stereocenters. The molecule has 0 aromatic heterocycles. The summed E-state index contributed by atoms with van der Waals surface area (Å²) < 4.78 is 0. The van der Waals surface area contributed by atoms with E-state index in [1.165, 1.54) is 11.1 Å². The van der Waals surface area contributed by atoms with E-state index in [1.807, 2.05) is 11.8 Å². The van der Waals surface area contributed by atoms with Crippen LogP contribution in [0.2, 0.25) is 0 Å². The molecule has 5 heteroatoms. The lowest BCUT2D eigenvalue weighted by Crippen LogP contribution is -2.39. The fraction of sp³-hybridized carbons (Fsp3) is 0.588. The molecule has 1 aromatic rings. The van der Waals surface area contributed by atoms with Gasteiger partial charge >= 0.3 is 0 Å². The molecule has 0 bridgehead atoms. The molecule has 0 aliphatic rings. The maximum Gasteiger partial charge on any atom is 0.191 e. The van der Waals surface area contributed by atoms with Crippen molar-refractivity contribution in [2.75, 3.05) is 45.7 Å². The Bertz CT molecular complexity index is 442. The number of benzene rings is 1. The molecule has 0 aliphatic carbocycles. The number of nitrogens with zero attached hydrogens (tertiary/aromatic N) is 2. The van der Waals surface area contributed by atoms with Crippen molar-refractivity contribution in [1.29, 1.82) is 0 Å². The molecule has 4 nitrogen and oxygen atoms in total. The third-order valence-electron chi connectivity index (χ3n) is 3.45. The fourth-order valence-electron chi connectivity index (χ4n) is 2.15. The molecule has 0 saturated carbocycles. The van der Waals surface area contributed by atoms with E-state index in [1.54, 1.807) is 0 Å². The lowest BCUT2D eigenvalue weighted by molar-refractivity contribution is 0.306. The highest BCUT2D eigenvalue weighted by atomic mass is 32.2. The van der Waals surface area contributed by atoms with Crippen LogP contribution in [0.5, 0.6) is 0 Å². The Morgan fingerprint density at radius 1 is 1.23 bits per heavy atom. The molecule has 22 heavy (non-hydrogen) atoms. The zero-order valence-electron chi connectivity index (χ0n) is 14.5. The van der Waals surface area contributed by atoms with Gasteiger partial charge in [-0.15, -0.1) is 0 Å². The zero-order valence-corrected chi connectivity index (χ0v) is 15.3. The van der Waals surface area contributed by atoms with Crippen molar-refractivity contribution in [2.45, 2.75) is 19.9 Å². The second-order valence-corrected chi connectivity index (χ2v) is 6.51. The molecule has 0 saturated heterocycles. The smallest absolute Gasteiger partial charge is 0.191 e. The highest BCUT2D eigenvalue weighted by Crippen LogP contribution is 2.19. The maximum absolute atomic E-state index is 4.75. The van der Waals surface area contributed by atoms with Crippen LogP contribution in [0.3, 0.4) is 0 Å². The van der Waals surface area contributed by atoms with E-state index in [2.05, 4.69) is 74.0 Å². The van der Waals surface area contributed by atoms with E-state index in [0.29, 0.717) is 0 Å². The number of hydrogen-bond acceptors (Lipinski definition) is 3. The summed E-state index contributed by atoms with van der Waals surface area (Å²) in [7, 11) is 4.21. The van der Waals surface area contributed by atoms with Gasteiger partial charge in [-0.25, -0.2) is 0 Å². The van der Waals surface area contributed by atoms with Crippen LogP contribution in [0.4, 0.5) is 0 Å². The molecule has 2 N–H and O–H groups in total. The van der Waals surface area contributed by atoms with E-state index < -0.39 is 0 Å². The maximum atomic E-state index is 4.75. The van der Waals surface area contributed by atoms with Crippen molar-refractivity contribution in [2.24, 2.45) is 4.99 Å². The van der Waals surface area contributed by atoms with Crippen LogP contribution in [0, 0.1) is 6.92 Å². The van der Waals surface area contributed by atoms with Crippen LogP contribution >= 0.6 is 11.8 Å². The van der Waals surface area contributed by atoms with E-state index in [0.717, 1.165) is 31.3 Å². The van der Waals surface area contributed by atoms with Crippen molar-refractivity contribution < 1.29 is 0 Å². The summed E-state index contributed by atoms with van der Waals surface area (Å²) in [5.41, 5.74) is 2.59. The Labute approximate surface area is 139 Å². The van der Waals surface area contributed by atoms with Gasteiger partial charge in [0.2, 0.25) is 0 Å². The summed E-state index contributed by atoms with van der Waals surface area (Å²) >= 11 is 1.84. The first-order valence-corrected chi connectivity index (χ1v) is 9.22.